The van der Waals surface area contributed by atoms with Crippen LogP contribution in [0.1, 0.15) is 15.9 Å². The van der Waals surface area contributed by atoms with Crippen molar-refractivity contribution in [3.8, 4) is 5.75 Å². The Kier molecular flexibility index (Phi) is 4.32. The second kappa shape index (κ2) is 5.97. The number of benzene rings is 2. The van der Waals surface area contributed by atoms with Crippen LogP contribution in [0, 0.1) is 5.82 Å². The molecule has 0 fully saturated rings. The molecule has 0 unspecified atom stereocenters. The number of methoxy groups -OCH3 is 1. The molecule has 0 saturated carbocycles. The molecule has 19 heavy (non-hydrogen) atoms. The minimum absolute atomic E-state index is 0.0612. The Hall–Kier alpha value is -1.68. The number of hydrogen-bond donors (Lipinski definition) is 0. The summed E-state index contributed by atoms with van der Waals surface area (Å²) in [5, 5.41) is 0. The number of rotatable bonds is 4. The second-order valence-electron chi connectivity index (χ2n) is 4.06. The molecule has 0 amide bonds. The summed E-state index contributed by atoms with van der Waals surface area (Å²) in [6.07, 6.45) is 0.157. The quantitative estimate of drug-likeness (QED) is 0.795. The van der Waals surface area contributed by atoms with Crippen LogP contribution in [0.15, 0.2) is 46.9 Å². The molecule has 0 aliphatic rings. The van der Waals surface area contributed by atoms with Gasteiger partial charge >= 0.3 is 0 Å². The van der Waals surface area contributed by atoms with Gasteiger partial charge in [-0.15, -0.1) is 0 Å². The zero-order valence-corrected chi connectivity index (χ0v) is 11.9. The Morgan fingerprint density at radius 2 is 1.89 bits per heavy atom. The smallest absolute Gasteiger partial charge is 0.167 e. The van der Waals surface area contributed by atoms with Crippen molar-refractivity contribution in [1.82, 2.24) is 0 Å². The van der Waals surface area contributed by atoms with Gasteiger partial charge in [-0.25, -0.2) is 4.39 Å². The number of ketones is 1. The van der Waals surface area contributed by atoms with Gasteiger partial charge in [0.05, 0.1) is 7.11 Å². The summed E-state index contributed by atoms with van der Waals surface area (Å²) in [7, 11) is 1.57. The summed E-state index contributed by atoms with van der Waals surface area (Å²) < 4.78 is 18.9. The molecule has 0 aromatic heterocycles. The molecule has 0 radical (unpaired) electrons. The topological polar surface area (TPSA) is 26.3 Å². The maximum Gasteiger partial charge on any atom is 0.167 e. The highest BCUT2D eigenvalue weighted by Gasteiger charge is 2.10. The van der Waals surface area contributed by atoms with E-state index in [4.69, 9.17) is 4.74 Å². The lowest BCUT2D eigenvalue weighted by Gasteiger charge is -2.05. The molecule has 0 aliphatic carbocycles. The molecule has 2 nitrogen and oxygen atoms in total. The van der Waals surface area contributed by atoms with Gasteiger partial charge in [0.2, 0.25) is 0 Å². The maximum absolute atomic E-state index is 13.2. The second-order valence-corrected chi connectivity index (χ2v) is 4.92. The summed E-state index contributed by atoms with van der Waals surface area (Å²) >= 11 is 3.32. The molecule has 4 heteroatoms. The summed E-state index contributed by atoms with van der Waals surface area (Å²) in [6, 6.07) is 11.2. The van der Waals surface area contributed by atoms with Gasteiger partial charge in [-0.3, -0.25) is 4.79 Å². The Bertz CT molecular complexity index is 594. The summed E-state index contributed by atoms with van der Waals surface area (Å²) in [6.45, 7) is 0. The Labute approximate surface area is 119 Å². The minimum Gasteiger partial charge on any atom is -0.497 e. The molecule has 98 valence electrons. The van der Waals surface area contributed by atoms with E-state index in [2.05, 4.69) is 15.9 Å². The van der Waals surface area contributed by atoms with Gasteiger partial charge in [0.15, 0.2) is 5.78 Å². The molecule has 0 saturated heterocycles. The van der Waals surface area contributed by atoms with E-state index in [1.54, 1.807) is 37.4 Å². The first-order chi connectivity index (χ1) is 9.10. The lowest BCUT2D eigenvalue weighted by Crippen LogP contribution is -2.04. The van der Waals surface area contributed by atoms with Gasteiger partial charge in [0, 0.05) is 16.5 Å². The number of hydrogen-bond acceptors (Lipinski definition) is 2. The molecule has 0 bridgehead atoms. The fraction of sp³-hybridized carbons (Fsp3) is 0.133. The first-order valence-electron chi connectivity index (χ1n) is 5.71. The predicted octanol–water partition coefficient (Wildman–Crippen LogP) is 4.02. The van der Waals surface area contributed by atoms with Gasteiger partial charge in [-0.2, -0.15) is 0 Å². The van der Waals surface area contributed by atoms with Crippen molar-refractivity contribution in [3.63, 3.8) is 0 Å². The normalized spacial score (nSPS) is 10.3. The first-order valence-corrected chi connectivity index (χ1v) is 6.50. The third-order valence-electron chi connectivity index (χ3n) is 2.77. The van der Waals surface area contributed by atoms with Crippen LogP contribution < -0.4 is 4.74 Å². The van der Waals surface area contributed by atoms with E-state index in [9.17, 15) is 9.18 Å². The van der Waals surface area contributed by atoms with Gasteiger partial charge in [-0.05, 0) is 48.0 Å². The lowest BCUT2D eigenvalue weighted by molar-refractivity contribution is 0.0992. The molecule has 0 spiro atoms. The van der Waals surface area contributed by atoms with E-state index in [0.717, 1.165) is 4.47 Å². The van der Waals surface area contributed by atoms with Gasteiger partial charge < -0.3 is 4.74 Å². The van der Waals surface area contributed by atoms with Crippen LogP contribution in [-0.2, 0) is 6.42 Å². The molecular formula is C15H12BrFO2. The summed E-state index contributed by atoms with van der Waals surface area (Å²) in [5.74, 6) is 0.290. The lowest BCUT2D eigenvalue weighted by atomic mass is 10.0. The van der Waals surface area contributed by atoms with Crippen molar-refractivity contribution in [2.45, 2.75) is 6.42 Å². The number of Topliss-reactive ketones (excluding diaryl/α,β-unsaturated/α-hetero) is 1. The Morgan fingerprint density at radius 1 is 1.21 bits per heavy atom. The minimum atomic E-state index is -0.347. The van der Waals surface area contributed by atoms with Crippen LogP contribution in [0.3, 0.4) is 0 Å². The molecule has 0 N–H and O–H groups in total. The third-order valence-corrected chi connectivity index (χ3v) is 3.54. The van der Waals surface area contributed by atoms with Crippen LogP contribution in [0.2, 0.25) is 0 Å². The highest BCUT2D eigenvalue weighted by Crippen LogP contribution is 2.20. The van der Waals surface area contributed by atoms with Crippen LogP contribution >= 0.6 is 15.9 Å². The zero-order chi connectivity index (χ0) is 13.8. The van der Waals surface area contributed by atoms with Crippen LogP contribution in [-0.4, -0.2) is 12.9 Å². The predicted molar refractivity (Wildman–Crippen MR) is 75.1 cm³/mol. The Balaban J connectivity index is 2.18. The highest BCUT2D eigenvalue weighted by molar-refractivity contribution is 9.10. The van der Waals surface area contributed by atoms with Crippen molar-refractivity contribution in [2.24, 2.45) is 0 Å². The van der Waals surface area contributed by atoms with Crippen LogP contribution in [0.5, 0.6) is 5.75 Å². The summed E-state index contributed by atoms with van der Waals surface area (Å²) in [4.78, 5) is 12.1. The van der Waals surface area contributed by atoms with Crippen molar-refractivity contribution in [1.29, 1.82) is 0 Å². The van der Waals surface area contributed by atoms with Gasteiger partial charge in [0.1, 0.15) is 11.6 Å². The van der Waals surface area contributed by atoms with Gasteiger partial charge in [-0.1, -0.05) is 15.9 Å². The molecule has 2 aromatic rings. The van der Waals surface area contributed by atoms with E-state index in [1.165, 1.54) is 12.1 Å². The molecule has 0 aliphatic heterocycles. The molecule has 2 rings (SSSR count). The number of ether oxygens (including phenoxy) is 1. The van der Waals surface area contributed by atoms with Crippen molar-refractivity contribution >= 4 is 21.7 Å². The van der Waals surface area contributed by atoms with Crippen LogP contribution in [0.4, 0.5) is 4.39 Å². The van der Waals surface area contributed by atoms with E-state index in [-0.39, 0.29) is 18.0 Å². The van der Waals surface area contributed by atoms with E-state index in [1.807, 2.05) is 0 Å². The van der Waals surface area contributed by atoms with E-state index < -0.39 is 0 Å². The first kappa shape index (κ1) is 13.7. The van der Waals surface area contributed by atoms with Crippen molar-refractivity contribution in [2.75, 3.05) is 7.11 Å². The molecule has 0 atom stereocenters. The van der Waals surface area contributed by atoms with E-state index >= 15 is 0 Å². The number of halogens is 2. The Morgan fingerprint density at radius 3 is 2.53 bits per heavy atom. The molecule has 2 aromatic carbocycles. The average Bonchev–Trinajstić information content (AvgIpc) is 2.43. The number of carbonyl (C=O) groups is 1. The molecular weight excluding hydrogens is 311 g/mol. The fourth-order valence-electron chi connectivity index (χ4n) is 1.73. The average molecular weight is 323 g/mol. The standard InChI is InChI=1S/C15H12BrFO2/c1-19-13-5-2-10(3-6-13)15(18)9-11-8-12(17)4-7-14(11)16/h2-8H,9H2,1H3. The SMILES string of the molecule is COc1ccc(C(=O)Cc2cc(F)ccc2Br)cc1. The third kappa shape index (κ3) is 3.41. The van der Waals surface area contributed by atoms with Crippen molar-refractivity contribution < 1.29 is 13.9 Å². The zero-order valence-electron chi connectivity index (χ0n) is 10.3. The molecule has 0 heterocycles. The monoisotopic (exact) mass is 322 g/mol. The van der Waals surface area contributed by atoms with Crippen LogP contribution in [0.25, 0.3) is 0 Å². The highest BCUT2D eigenvalue weighted by atomic mass is 79.9. The van der Waals surface area contributed by atoms with Crippen molar-refractivity contribution in [3.05, 3.63) is 63.9 Å². The fourth-order valence-corrected chi connectivity index (χ4v) is 2.12. The van der Waals surface area contributed by atoms with E-state index in [0.29, 0.717) is 16.9 Å². The largest absolute Gasteiger partial charge is 0.497 e. The maximum atomic E-state index is 13.2. The number of carbonyl (C=O) groups excluding carboxylic acids is 1. The van der Waals surface area contributed by atoms with Gasteiger partial charge in [0.25, 0.3) is 0 Å². The summed E-state index contributed by atoms with van der Waals surface area (Å²) in [5.41, 5.74) is 1.22.